The number of primary amides is 1. The fourth-order valence-corrected chi connectivity index (χ4v) is 1.04. The molecule has 0 aliphatic carbocycles. The van der Waals surface area contributed by atoms with Crippen LogP contribution in [-0.2, 0) is 0 Å². The van der Waals surface area contributed by atoms with E-state index in [1.165, 1.54) is 33.5 Å². The van der Waals surface area contributed by atoms with E-state index in [0.29, 0.717) is 5.69 Å². The lowest BCUT2D eigenvalue weighted by molar-refractivity contribution is -0.0892. The Hall–Kier alpha value is -1.42. The van der Waals surface area contributed by atoms with Crippen LogP contribution in [0.1, 0.15) is 0 Å². The molecule has 1 aromatic carbocycles. The van der Waals surface area contributed by atoms with Gasteiger partial charge in [0.25, 0.3) is 0 Å². The molecule has 1 atom stereocenters. The van der Waals surface area contributed by atoms with Crippen LogP contribution in [0.5, 0.6) is 5.75 Å². The van der Waals surface area contributed by atoms with Gasteiger partial charge in [-0.05, 0) is 33.5 Å². The van der Waals surface area contributed by atoms with Crippen molar-refractivity contribution in [1.29, 1.82) is 0 Å². The number of ether oxygens (including phenoxy) is 1. The van der Waals surface area contributed by atoms with Gasteiger partial charge in [-0.25, -0.2) is 4.79 Å². The largest absolute Gasteiger partial charge is 0.430 e. The SMILES string of the molecule is NC(=O)Nc1ccc(OC(F)(F)P)cc1. The Labute approximate surface area is 87.0 Å². The lowest BCUT2D eigenvalue weighted by Crippen LogP contribution is -2.19. The second kappa shape index (κ2) is 4.40. The van der Waals surface area contributed by atoms with E-state index in [2.05, 4.69) is 10.1 Å². The first-order chi connectivity index (χ1) is 6.87. The second-order valence-corrected chi connectivity index (χ2v) is 3.35. The molecule has 15 heavy (non-hydrogen) atoms. The van der Waals surface area contributed by atoms with Crippen LogP contribution in [-0.4, -0.2) is 11.9 Å². The van der Waals surface area contributed by atoms with Crippen LogP contribution in [0.25, 0.3) is 0 Å². The van der Waals surface area contributed by atoms with E-state index in [9.17, 15) is 13.6 Å². The van der Waals surface area contributed by atoms with Gasteiger partial charge in [0.1, 0.15) is 5.75 Å². The van der Waals surface area contributed by atoms with Crippen LogP contribution in [0.15, 0.2) is 24.3 Å². The summed E-state index contributed by atoms with van der Waals surface area (Å²) < 4.78 is 29.0. The molecule has 7 heteroatoms. The molecule has 0 aliphatic rings. The standard InChI is InChI=1S/C8H9F2N2O2P/c9-8(10,15)14-6-3-1-5(2-4-6)12-7(11)13/h1-4H,15H2,(H3,11,12,13). The summed E-state index contributed by atoms with van der Waals surface area (Å²) in [6.45, 7) is 0. The Bertz CT molecular complexity index is 351. The number of benzene rings is 1. The third-order valence-electron chi connectivity index (χ3n) is 1.38. The number of carbonyl (C=O) groups excluding carboxylic acids is 1. The first kappa shape index (κ1) is 11.7. The van der Waals surface area contributed by atoms with Crippen molar-refractivity contribution in [3.05, 3.63) is 24.3 Å². The number of hydrogen-bond donors (Lipinski definition) is 2. The predicted molar refractivity (Wildman–Crippen MR) is 54.9 cm³/mol. The fraction of sp³-hybridized carbons (Fsp3) is 0.125. The van der Waals surface area contributed by atoms with Gasteiger partial charge in [-0.3, -0.25) is 0 Å². The van der Waals surface area contributed by atoms with Gasteiger partial charge in [0, 0.05) is 5.69 Å². The van der Waals surface area contributed by atoms with Crippen LogP contribution >= 0.6 is 9.24 Å². The third kappa shape index (κ3) is 4.56. The summed E-state index contributed by atoms with van der Waals surface area (Å²) in [5, 5.41) is 2.29. The van der Waals surface area contributed by atoms with Gasteiger partial charge >= 0.3 is 11.9 Å². The number of nitrogens with one attached hydrogen (secondary N) is 1. The summed E-state index contributed by atoms with van der Waals surface area (Å²) in [6, 6.07) is 4.67. The molecule has 0 aliphatic heterocycles. The monoisotopic (exact) mass is 234 g/mol. The van der Waals surface area contributed by atoms with E-state index in [1.54, 1.807) is 0 Å². The second-order valence-electron chi connectivity index (χ2n) is 2.68. The van der Waals surface area contributed by atoms with E-state index in [4.69, 9.17) is 5.73 Å². The van der Waals surface area contributed by atoms with Gasteiger partial charge in [0.15, 0.2) is 0 Å². The van der Waals surface area contributed by atoms with Gasteiger partial charge < -0.3 is 15.8 Å². The Morgan fingerprint density at radius 3 is 2.33 bits per heavy atom. The van der Waals surface area contributed by atoms with E-state index < -0.39 is 11.9 Å². The number of rotatable bonds is 3. The molecule has 2 amide bonds. The number of nitrogens with two attached hydrogens (primary N) is 1. The highest BCUT2D eigenvalue weighted by molar-refractivity contribution is 7.17. The summed E-state index contributed by atoms with van der Waals surface area (Å²) in [5.41, 5.74) is 5.26. The maximum absolute atomic E-state index is 12.4. The molecule has 1 aromatic rings. The summed E-state index contributed by atoms with van der Waals surface area (Å²) in [5.74, 6) is -3.32. The summed E-state index contributed by atoms with van der Waals surface area (Å²) >= 11 is 0. The van der Waals surface area contributed by atoms with Crippen molar-refractivity contribution < 1.29 is 18.3 Å². The zero-order valence-electron chi connectivity index (χ0n) is 7.54. The summed E-state index contributed by atoms with van der Waals surface area (Å²) in [4.78, 5) is 10.4. The van der Waals surface area contributed by atoms with Crippen molar-refractivity contribution in [2.24, 2.45) is 5.73 Å². The lowest BCUT2D eigenvalue weighted by Gasteiger charge is -2.12. The highest BCUT2D eigenvalue weighted by atomic mass is 31.0. The smallest absolute Gasteiger partial charge is 0.408 e. The molecule has 0 radical (unpaired) electrons. The van der Waals surface area contributed by atoms with Gasteiger partial charge in [0.05, 0.1) is 0 Å². The van der Waals surface area contributed by atoms with Crippen LogP contribution in [0.2, 0.25) is 0 Å². The average molecular weight is 234 g/mol. The maximum Gasteiger partial charge on any atom is 0.408 e. The van der Waals surface area contributed by atoms with Gasteiger partial charge in [-0.15, -0.1) is 0 Å². The van der Waals surface area contributed by atoms with Crippen molar-refractivity contribution in [3.63, 3.8) is 0 Å². The molecule has 0 saturated heterocycles. The van der Waals surface area contributed by atoms with Crippen molar-refractivity contribution in [2.45, 2.75) is 5.85 Å². The zero-order chi connectivity index (χ0) is 11.5. The number of halogens is 2. The molecule has 4 nitrogen and oxygen atoms in total. The highest BCUT2D eigenvalue weighted by Crippen LogP contribution is 2.27. The number of alkyl halides is 2. The molecule has 0 bridgehead atoms. The Kier molecular flexibility index (Phi) is 3.42. The molecule has 82 valence electrons. The van der Waals surface area contributed by atoms with Gasteiger partial charge in [-0.2, -0.15) is 8.78 Å². The Morgan fingerprint density at radius 1 is 1.40 bits per heavy atom. The van der Waals surface area contributed by atoms with E-state index in [0.717, 1.165) is 0 Å². The van der Waals surface area contributed by atoms with Crippen LogP contribution < -0.4 is 15.8 Å². The average Bonchev–Trinajstić information content (AvgIpc) is 2.05. The van der Waals surface area contributed by atoms with Crippen molar-refractivity contribution in [2.75, 3.05) is 5.32 Å². The Balaban J connectivity index is 2.68. The number of urea groups is 1. The first-order valence-electron chi connectivity index (χ1n) is 3.89. The van der Waals surface area contributed by atoms with E-state index in [1.807, 2.05) is 0 Å². The minimum atomic E-state index is -3.31. The van der Waals surface area contributed by atoms with Crippen LogP contribution in [0, 0.1) is 0 Å². The topological polar surface area (TPSA) is 64.4 Å². The highest BCUT2D eigenvalue weighted by Gasteiger charge is 2.23. The Morgan fingerprint density at radius 2 is 1.93 bits per heavy atom. The molecule has 0 saturated carbocycles. The van der Waals surface area contributed by atoms with Gasteiger partial charge in [0.2, 0.25) is 0 Å². The van der Waals surface area contributed by atoms with E-state index in [-0.39, 0.29) is 5.75 Å². The first-order valence-corrected chi connectivity index (χ1v) is 4.47. The zero-order valence-corrected chi connectivity index (χ0v) is 8.69. The molecular weight excluding hydrogens is 225 g/mol. The predicted octanol–water partition coefficient (Wildman–Crippen LogP) is 1.98. The van der Waals surface area contributed by atoms with Crippen molar-refractivity contribution in [1.82, 2.24) is 0 Å². The minimum Gasteiger partial charge on any atom is -0.430 e. The molecule has 1 rings (SSSR count). The summed E-state index contributed by atoms with van der Waals surface area (Å²) in [6.07, 6.45) is 0. The van der Waals surface area contributed by atoms with Crippen molar-refractivity contribution in [3.8, 4) is 5.75 Å². The minimum absolute atomic E-state index is 0.00924. The number of amides is 2. The molecule has 0 aromatic heterocycles. The quantitative estimate of drug-likeness (QED) is 0.785. The maximum atomic E-state index is 12.4. The molecule has 0 spiro atoms. The third-order valence-corrected chi connectivity index (χ3v) is 1.49. The number of anilines is 1. The molecular formula is C8H9F2N2O2P. The fourth-order valence-electron chi connectivity index (χ4n) is 0.906. The molecule has 0 heterocycles. The normalized spacial score (nSPS) is 10.9. The lowest BCUT2D eigenvalue weighted by atomic mass is 10.3. The van der Waals surface area contributed by atoms with Crippen LogP contribution in [0.3, 0.4) is 0 Å². The molecule has 0 fully saturated rings. The van der Waals surface area contributed by atoms with E-state index >= 15 is 0 Å². The van der Waals surface area contributed by atoms with Crippen molar-refractivity contribution >= 4 is 21.0 Å². The molecule has 1 unspecified atom stereocenters. The van der Waals surface area contributed by atoms with Gasteiger partial charge in [-0.1, -0.05) is 0 Å². The van der Waals surface area contributed by atoms with Crippen LogP contribution in [0.4, 0.5) is 19.3 Å². The summed E-state index contributed by atoms with van der Waals surface area (Å²) in [7, 11) is 1.26. The number of hydrogen-bond acceptors (Lipinski definition) is 2. The molecule has 3 N–H and O–H groups in total. The number of carbonyl (C=O) groups is 1.